The van der Waals surface area contributed by atoms with Gasteiger partial charge in [-0.3, -0.25) is 0 Å². The van der Waals surface area contributed by atoms with Crippen LogP contribution in [0.3, 0.4) is 0 Å². The fourth-order valence-electron chi connectivity index (χ4n) is 1.59. The summed E-state index contributed by atoms with van der Waals surface area (Å²) in [4.78, 5) is 0. The molecule has 0 amide bonds. The summed E-state index contributed by atoms with van der Waals surface area (Å²) in [6.07, 6.45) is 2.92. The number of hydrogen-bond donors (Lipinski definition) is 0. The SMILES string of the molecule is CC1CC1CC(C)(C)C(C)C. The second kappa shape index (κ2) is 2.80. The zero-order valence-corrected chi connectivity index (χ0v) is 8.65. The van der Waals surface area contributed by atoms with E-state index in [-0.39, 0.29) is 0 Å². The molecular weight excluding hydrogens is 132 g/mol. The molecule has 0 heteroatoms. The van der Waals surface area contributed by atoms with Crippen LogP contribution in [-0.4, -0.2) is 0 Å². The Bertz CT molecular complexity index is 133. The lowest BCUT2D eigenvalue weighted by Gasteiger charge is -2.29. The molecule has 0 aromatic carbocycles. The van der Waals surface area contributed by atoms with Crippen molar-refractivity contribution in [3.8, 4) is 0 Å². The van der Waals surface area contributed by atoms with Gasteiger partial charge in [0.15, 0.2) is 0 Å². The second-order valence-electron chi connectivity index (χ2n) is 5.32. The zero-order chi connectivity index (χ0) is 8.65. The average molecular weight is 154 g/mol. The fraction of sp³-hybridized carbons (Fsp3) is 1.00. The van der Waals surface area contributed by atoms with Gasteiger partial charge in [0.05, 0.1) is 0 Å². The summed E-state index contributed by atoms with van der Waals surface area (Å²) >= 11 is 0. The predicted octanol–water partition coefficient (Wildman–Crippen LogP) is 3.71. The third-order valence-corrected chi connectivity index (χ3v) is 3.63. The Labute approximate surface area is 71.4 Å². The van der Waals surface area contributed by atoms with Crippen LogP contribution in [0.5, 0.6) is 0 Å². The van der Waals surface area contributed by atoms with E-state index in [1.807, 2.05) is 0 Å². The van der Waals surface area contributed by atoms with Crippen molar-refractivity contribution < 1.29 is 0 Å². The van der Waals surface area contributed by atoms with Gasteiger partial charge in [-0.25, -0.2) is 0 Å². The van der Waals surface area contributed by atoms with Crippen molar-refractivity contribution in [2.75, 3.05) is 0 Å². The summed E-state index contributed by atoms with van der Waals surface area (Å²) in [7, 11) is 0. The van der Waals surface area contributed by atoms with E-state index in [2.05, 4.69) is 34.6 Å². The van der Waals surface area contributed by atoms with Crippen molar-refractivity contribution in [2.45, 2.75) is 47.5 Å². The molecule has 0 bridgehead atoms. The molecule has 1 aliphatic carbocycles. The maximum Gasteiger partial charge on any atom is -0.0328 e. The van der Waals surface area contributed by atoms with E-state index in [1.54, 1.807) is 0 Å². The summed E-state index contributed by atoms with van der Waals surface area (Å²) in [5.74, 6) is 2.90. The van der Waals surface area contributed by atoms with Gasteiger partial charge in [-0.2, -0.15) is 0 Å². The van der Waals surface area contributed by atoms with Gasteiger partial charge >= 0.3 is 0 Å². The largest absolute Gasteiger partial charge is 0.0623 e. The maximum atomic E-state index is 2.41. The molecule has 0 spiro atoms. The molecule has 66 valence electrons. The highest BCUT2D eigenvalue weighted by Crippen LogP contribution is 2.47. The minimum absolute atomic E-state index is 0.565. The molecule has 1 saturated carbocycles. The predicted molar refractivity (Wildman–Crippen MR) is 50.5 cm³/mol. The molecule has 2 atom stereocenters. The molecule has 0 N–H and O–H groups in total. The van der Waals surface area contributed by atoms with E-state index in [1.165, 1.54) is 12.8 Å². The fourth-order valence-corrected chi connectivity index (χ4v) is 1.59. The molecule has 0 aromatic rings. The summed E-state index contributed by atoms with van der Waals surface area (Å²) in [6.45, 7) is 11.9. The van der Waals surface area contributed by atoms with Crippen LogP contribution in [0.4, 0.5) is 0 Å². The Morgan fingerprint density at radius 1 is 1.36 bits per heavy atom. The molecule has 0 aliphatic heterocycles. The van der Waals surface area contributed by atoms with Gasteiger partial charge in [0.2, 0.25) is 0 Å². The molecular formula is C11H22. The van der Waals surface area contributed by atoms with E-state index >= 15 is 0 Å². The number of hydrogen-bond acceptors (Lipinski definition) is 0. The highest BCUT2D eigenvalue weighted by Gasteiger charge is 2.38. The third kappa shape index (κ3) is 2.21. The van der Waals surface area contributed by atoms with Gasteiger partial charge in [-0.15, -0.1) is 0 Å². The lowest BCUT2D eigenvalue weighted by molar-refractivity contribution is 0.213. The summed E-state index contributed by atoms with van der Waals surface area (Å²) in [6, 6.07) is 0. The first-order valence-corrected chi connectivity index (χ1v) is 4.93. The first-order valence-electron chi connectivity index (χ1n) is 4.93. The van der Waals surface area contributed by atoms with E-state index in [9.17, 15) is 0 Å². The van der Waals surface area contributed by atoms with Crippen molar-refractivity contribution >= 4 is 0 Å². The topological polar surface area (TPSA) is 0 Å². The van der Waals surface area contributed by atoms with Gasteiger partial charge in [0.25, 0.3) is 0 Å². The van der Waals surface area contributed by atoms with Gasteiger partial charge in [-0.05, 0) is 36.0 Å². The van der Waals surface area contributed by atoms with Crippen molar-refractivity contribution in [3.63, 3.8) is 0 Å². The Kier molecular flexibility index (Phi) is 2.32. The first kappa shape index (κ1) is 9.09. The van der Waals surface area contributed by atoms with Gasteiger partial charge in [-0.1, -0.05) is 34.6 Å². The lowest BCUT2D eigenvalue weighted by Crippen LogP contribution is -2.19. The van der Waals surface area contributed by atoms with Crippen LogP contribution in [0.15, 0.2) is 0 Å². The highest BCUT2D eigenvalue weighted by atomic mass is 14.4. The van der Waals surface area contributed by atoms with Crippen LogP contribution < -0.4 is 0 Å². The summed E-state index contributed by atoms with van der Waals surface area (Å²) in [5.41, 5.74) is 0.565. The average Bonchev–Trinajstić information content (AvgIpc) is 2.45. The van der Waals surface area contributed by atoms with Crippen LogP contribution in [0.1, 0.15) is 47.5 Å². The molecule has 1 rings (SSSR count). The molecule has 0 heterocycles. The molecule has 1 fully saturated rings. The van der Waals surface area contributed by atoms with E-state index in [0.29, 0.717) is 5.41 Å². The Hall–Kier alpha value is 0. The Balaban J connectivity index is 2.34. The molecule has 2 unspecified atom stereocenters. The van der Waals surface area contributed by atoms with Crippen LogP contribution in [-0.2, 0) is 0 Å². The van der Waals surface area contributed by atoms with Crippen molar-refractivity contribution in [1.82, 2.24) is 0 Å². The van der Waals surface area contributed by atoms with E-state index in [4.69, 9.17) is 0 Å². The zero-order valence-electron chi connectivity index (χ0n) is 8.65. The van der Waals surface area contributed by atoms with Crippen LogP contribution in [0.25, 0.3) is 0 Å². The first-order chi connectivity index (χ1) is 4.93. The summed E-state index contributed by atoms with van der Waals surface area (Å²) < 4.78 is 0. The third-order valence-electron chi connectivity index (χ3n) is 3.63. The minimum atomic E-state index is 0.565. The second-order valence-corrected chi connectivity index (χ2v) is 5.32. The molecule has 1 aliphatic rings. The van der Waals surface area contributed by atoms with E-state index in [0.717, 1.165) is 17.8 Å². The monoisotopic (exact) mass is 154 g/mol. The van der Waals surface area contributed by atoms with Crippen LogP contribution >= 0.6 is 0 Å². The van der Waals surface area contributed by atoms with Crippen molar-refractivity contribution in [3.05, 3.63) is 0 Å². The van der Waals surface area contributed by atoms with Crippen molar-refractivity contribution in [1.29, 1.82) is 0 Å². The summed E-state index contributed by atoms with van der Waals surface area (Å²) in [5, 5.41) is 0. The standard InChI is InChI=1S/C11H22/c1-8(2)11(4,5)7-10-6-9(10)3/h8-10H,6-7H2,1-5H3. The van der Waals surface area contributed by atoms with Crippen LogP contribution in [0.2, 0.25) is 0 Å². The quantitative estimate of drug-likeness (QED) is 0.581. The molecule has 0 aromatic heterocycles. The molecule has 0 saturated heterocycles. The maximum absolute atomic E-state index is 2.41. The lowest BCUT2D eigenvalue weighted by atomic mass is 9.77. The Morgan fingerprint density at radius 3 is 2.09 bits per heavy atom. The van der Waals surface area contributed by atoms with E-state index < -0.39 is 0 Å². The van der Waals surface area contributed by atoms with Crippen molar-refractivity contribution in [2.24, 2.45) is 23.2 Å². The highest BCUT2D eigenvalue weighted by molar-refractivity contribution is 4.88. The van der Waals surface area contributed by atoms with Crippen LogP contribution in [0, 0.1) is 23.2 Å². The Morgan fingerprint density at radius 2 is 1.82 bits per heavy atom. The van der Waals surface area contributed by atoms with Gasteiger partial charge in [0.1, 0.15) is 0 Å². The van der Waals surface area contributed by atoms with Gasteiger partial charge in [0, 0.05) is 0 Å². The minimum Gasteiger partial charge on any atom is -0.0623 e. The molecule has 0 nitrogen and oxygen atoms in total. The number of rotatable bonds is 3. The normalized spacial score (nSPS) is 31.1. The van der Waals surface area contributed by atoms with Gasteiger partial charge < -0.3 is 0 Å². The molecule has 0 radical (unpaired) electrons. The smallest absolute Gasteiger partial charge is 0.0328 e. The molecule has 11 heavy (non-hydrogen) atoms.